The van der Waals surface area contributed by atoms with E-state index < -0.39 is 0 Å². The van der Waals surface area contributed by atoms with E-state index in [1.54, 1.807) is 21.9 Å². The van der Waals surface area contributed by atoms with Crippen LogP contribution in [0.4, 0.5) is 0 Å². The molecule has 0 radical (unpaired) electrons. The molecule has 2 aromatic heterocycles. The Morgan fingerprint density at radius 1 is 1.04 bits per heavy atom. The fourth-order valence-corrected chi connectivity index (χ4v) is 3.67. The molecule has 1 aromatic carbocycles. The largest absolute Gasteiger partial charge is 0.459 e. The molecule has 2 amide bonds. The van der Waals surface area contributed by atoms with Gasteiger partial charge in [-0.3, -0.25) is 14.7 Å². The Morgan fingerprint density at radius 3 is 2.50 bits per heavy atom. The molecule has 1 saturated heterocycles. The number of benzene rings is 1. The first-order valence-electron chi connectivity index (χ1n) is 8.92. The van der Waals surface area contributed by atoms with Gasteiger partial charge in [-0.1, -0.05) is 42.1 Å². The van der Waals surface area contributed by atoms with Crippen molar-refractivity contribution in [1.29, 1.82) is 0 Å². The van der Waals surface area contributed by atoms with Gasteiger partial charge in [-0.15, -0.1) is 5.10 Å². The monoisotopic (exact) mass is 397 g/mol. The molecule has 0 saturated carbocycles. The normalized spacial score (nSPS) is 14.3. The Morgan fingerprint density at radius 2 is 1.79 bits per heavy atom. The third-order valence-corrected chi connectivity index (χ3v) is 5.32. The zero-order valence-electron chi connectivity index (χ0n) is 15.1. The molecule has 1 fully saturated rings. The van der Waals surface area contributed by atoms with Gasteiger partial charge < -0.3 is 14.2 Å². The summed E-state index contributed by atoms with van der Waals surface area (Å²) in [6, 6.07) is 13.0. The highest BCUT2D eigenvalue weighted by molar-refractivity contribution is 7.99. The van der Waals surface area contributed by atoms with Crippen molar-refractivity contribution < 1.29 is 14.0 Å². The van der Waals surface area contributed by atoms with Crippen molar-refractivity contribution >= 4 is 23.6 Å². The van der Waals surface area contributed by atoms with Crippen LogP contribution in [-0.2, 0) is 4.79 Å². The molecule has 3 heterocycles. The van der Waals surface area contributed by atoms with E-state index >= 15 is 0 Å². The van der Waals surface area contributed by atoms with Crippen LogP contribution in [0.15, 0.2) is 58.3 Å². The number of thioether (sulfide) groups is 1. The molecule has 0 aliphatic carbocycles. The number of furan rings is 1. The van der Waals surface area contributed by atoms with Gasteiger partial charge in [0.1, 0.15) is 0 Å². The summed E-state index contributed by atoms with van der Waals surface area (Å²) in [6.45, 7) is 2.01. The first-order valence-corrected chi connectivity index (χ1v) is 9.90. The van der Waals surface area contributed by atoms with Gasteiger partial charge in [0.2, 0.25) is 11.1 Å². The van der Waals surface area contributed by atoms with E-state index in [0.717, 1.165) is 5.56 Å². The molecule has 3 aromatic rings. The van der Waals surface area contributed by atoms with Crippen molar-refractivity contribution in [3.05, 3.63) is 54.5 Å². The summed E-state index contributed by atoms with van der Waals surface area (Å²) in [4.78, 5) is 32.6. The van der Waals surface area contributed by atoms with Crippen LogP contribution in [0.1, 0.15) is 10.6 Å². The molecule has 1 aliphatic rings. The van der Waals surface area contributed by atoms with Gasteiger partial charge in [0, 0.05) is 31.7 Å². The van der Waals surface area contributed by atoms with Gasteiger partial charge in [0.15, 0.2) is 11.6 Å². The van der Waals surface area contributed by atoms with Crippen molar-refractivity contribution in [2.75, 3.05) is 31.9 Å². The van der Waals surface area contributed by atoms with E-state index in [9.17, 15) is 9.59 Å². The number of hydrogen-bond donors (Lipinski definition) is 1. The number of aromatic amines is 1. The molecule has 1 N–H and O–H groups in total. The molecular formula is C19H19N5O3S. The second-order valence-corrected chi connectivity index (χ2v) is 7.21. The number of aromatic nitrogens is 3. The van der Waals surface area contributed by atoms with E-state index in [1.807, 2.05) is 30.3 Å². The first kappa shape index (κ1) is 18.3. The predicted octanol–water partition coefficient (Wildman–Crippen LogP) is 2.14. The molecule has 0 spiro atoms. The highest BCUT2D eigenvalue weighted by Crippen LogP contribution is 2.19. The molecule has 9 heteroatoms. The van der Waals surface area contributed by atoms with Crippen molar-refractivity contribution in [3.8, 4) is 11.4 Å². The standard InChI is InChI=1S/C19H19N5O3S/c25-16(13-28-19-20-17(21-22-19)14-5-2-1-3-6-14)23-8-10-24(11-9-23)18(26)15-7-4-12-27-15/h1-7,12H,8-11,13H2,(H,20,21,22). The van der Waals surface area contributed by atoms with Gasteiger partial charge in [-0.05, 0) is 12.1 Å². The third kappa shape index (κ3) is 4.09. The van der Waals surface area contributed by atoms with Crippen LogP contribution in [-0.4, -0.2) is 68.7 Å². The summed E-state index contributed by atoms with van der Waals surface area (Å²) in [5.41, 5.74) is 0.950. The second-order valence-electron chi connectivity index (χ2n) is 6.27. The fraction of sp³-hybridized carbons (Fsp3) is 0.263. The summed E-state index contributed by atoms with van der Waals surface area (Å²) in [5, 5.41) is 7.60. The Hall–Kier alpha value is -3.07. The minimum absolute atomic E-state index is 0.0150. The Labute approximate surface area is 165 Å². The summed E-state index contributed by atoms with van der Waals surface area (Å²) < 4.78 is 5.15. The zero-order chi connectivity index (χ0) is 19.3. The Kier molecular flexibility index (Phi) is 5.43. The number of rotatable bonds is 5. The highest BCUT2D eigenvalue weighted by atomic mass is 32.2. The smallest absolute Gasteiger partial charge is 0.289 e. The quantitative estimate of drug-likeness (QED) is 0.663. The number of hydrogen-bond acceptors (Lipinski definition) is 6. The van der Waals surface area contributed by atoms with Crippen LogP contribution >= 0.6 is 11.8 Å². The van der Waals surface area contributed by atoms with E-state index in [4.69, 9.17) is 4.42 Å². The molecule has 144 valence electrons. The maximum absolute atomic E-state index is 12.5. The van der Waals surface area contributed by atoms with Crippen molar-refractivity contribution in [3.63, 3.8) is 0 Å². The average molecular weight is 397 g/mol. The SMILES string of the molecule is O=C(CSc1n[nH]c(-c2ccccc2)n1)N1CCN(C(=O)c2ccco2)CC1. The van der Waals surface area contributed by atoms with Crippen LogP contribution in [0, 0.1) is 0 Å². The first-order chi connectivity index (χ1) is 13.7. The van der Waals surface area contributed by atoms with Crippen LogP contribution in [0.2, 0.25) is 0 Å². The molecule has 28 heavy (non-hydrogen) atoms. The number of H-pyrrole nitrogens is 1. The lowest BCUT2D eigenvalue weighted by atomic mass is 10.2. The maximum atomic E-state index is 12.5. The average Bonchev–Trinajstić information content (AvgIpc) is 3.44. The molecule has 0 atom stereocenters. The number of nitrogens with zero attached hydrogens (tertiary/aromatic N) is 4. The van der Waals surface area contributed by atoms with Gasteiger partial charge in [0.05, 0.1) is 12.0 Å². The summed E-state index contributed by atoms with van der Waals surface area (Å²) in [5.74, 6) is 1.15. The van der Waals surface area contributed by atoms with E-state index in [0.29, 0.717) is 42.9 Å². The minimum Gasteiger partial charge on any atom is -0.459 e. The minimum atomic E-state index is -0.138. The van der Waals surface area contributed by atoms with Crippen LogP contribution in [0.25, 0.3) is 11.4 Å². The van der Waals surface area contributed by atoms with Crippen LogP contribution in [0.3, 0.4) is 0 Å². The van der Waals surface area contributed by atoms with E-state index in [2.05, 4.69) is 15.2 Å². The van der Waals surface area contributed by atoms with Crippen LogP contribution in [0.5, 0.6) is 0 Å². The Balaban J connectivity index is 1.26. The summed E-state index contributed by atoms with van der Waals surface area (Å²) in [7, 11) is 0. The van der Waals surface area contributed by atoms with Crippen molar-refractivity contribution in [1.82, 2.24) is 25.0 Å². The molecule has 8 nitrogen and oxygen atoms in total. The molecule has 1 aliphatic heterocycles. The van der Waals surface area contributed by atoms with E-state index in [-0.39, 0.29) is 17.6 Å². The van der Waals surface area contributed by atoms with E-state index in [1.165, 1.54) is 18.0 Å². The third-order valence-electron chi connectivity index (χ3n) is 4.49. The number of carbonyl (C=O) groups is 2. The molecule has 0 unspecified atom stereocenters. The molecule has 4 rings (SSSR count). The number of amides is 2. The number of nitrogens with one attached hydrogen (secondary N) is 1. The topological polar surface area (TPSA) is 95.3 Å². The van der Waals surface area contributed by atoms with Gasteiger partial charge >= 0.3 is 0 Å². The number of piperazine rings is 1. The number of carbonyl (C=O) groups excluding carboxylic acids is 2. The van der Waals surface area contributed by atoms with Gasteiger partial charge in [-0.25, -0.2) is 4.98 Å². The molecular weight excluding hydrogens is 378 g/mol. The van der Waals surface area contributed by atoms with Crippen molar-refractivity contribution in [2.24, 2.45) is 0 Å². The fourth-order valence-electron chi connectivity index (χ4n) is 2.97. The lowest BCUT2D eigenvalue weighted by Gasteiger charge is -2.34. The van der Waals surface area contributed by atoms with Gasteiger partial charge in [-0.2, -0.15) is 0 Å². The summed E-state index contributed by atoms with van der Waals surface area (Å²) in [6.07, 6.45) is 1.48. The lowest BCUT2D eigenvalue weighted by Crippen LogP contribution is -2.51. The van der Waals surface area contributed by atoms with Crippen molar-refractivity contribution in [2.45, 2.75) is 5.16 Å². The molecule has 0 bridgehead atoms. The summed E-state index contributed by atoms with van der Waals surface area (Å²) >= 11 is 1.30. The second kappa shape index (κ2) is 8.30. The van der Waals surface area contributed by atoms with Gasteiger partial charge in [0.25, 0.3) is 5.91 Å². The highest BCUT2D eigenvalue weighted by Gasteiger charge is 2.26. The van der Waals surface area contributed by atoms with Crippen LogP contribution < -0.4 is 0 Å². The zero-order valence-corrected chi connectivity index (χ0v) is 15.9. The Bertz CT molecular complexity index is 934. The predicted molar refractivity (Wildman–Crippen MR) is 104 cm³/mol. The maximum Gasteiger partial charge on any atom is 0.289 e. The lowest BCUT2D eigenvalue weighted by molar-refractivity contribution is -0.129.